The summed E-state index contributed by atoms with van der Waals surface area (Å²) in [4.78, 5) is 15.0. The lowest BCUT2D eigenvalue weighted by Crippen LogP contribution is -2.17. The number of aromatic carboxylic acids is 1. The molecule has 0 saturated heterocycles. The second kappa shape index (κ2) is 5.92. The number of benzene rings is 1. The number of alkyl halides is 3. The molecule has 0 amide bonds. The molecule has 0 fully saturated rings. The summed E-state index contributed by atoms with van der Waals surface area (Å²) in [6.45, 7) is 0. The largest absolute Gasteiger partial charge is 0.573 e. The van der Waals surface area contributed by atoms with E-state index in [2.05, 4.69) is 9.72 Å². The molecule has 8 heteroatoms. The second-order valence-corrected chi connectivity index (χ2v) is 4.13. The third-order valence-electron chi connectivity index (χ3n) is 2.66. The maximum absolute atomic E-state index is 12.2. The molecule has 116 valence electrons. The van der Waals surface area contributed by atoms with Gasteiger partial charge >= 0.3 is 12.3 Å². The second-order valence-electron chi connectivity index (χ2n) is 4.13. The van der Waals surface area contributed by atoms with E-state index >= 15 is 0 Å². The number of rotatable bonds is 4. The van der Waals surface area contributed by atoms with Gasteiger partial charge in [0.1, 0.15) is 5.75 Å². The van der Waals surface area contributed by atoms with Crippen molar-refractivity contribution < 1.29 is 32.5 Å². The highest BCUT2D eigenvalue weighted by molar-refractivity contribution is 5.94. The molecule has 0 aliphatic rings. The maximum atomic E-state index is 12.2. The first-order valence-corrected chi connectivity index (χ1v) is 5.94. The average Bonchev–Trinajstić information content (AvgIpc) is 2.45. The van der Waals surface area contributed by atoms with Crippen molar-refractivity contribution in [3.8, 4) is 22.8 Å². The van der Waals surface area contributed by atoms with Gasteiger partial charge < -0.3 is 14.6 Å². The maximum Gasteiger partial charge on any atom is 0.573 e. The molecule has 0 atom stereocenters. The first-order valence-electron chi connectivity index (χ1n) is 5.94. The minimum Gasteiger partial charge on any atom is -0.481 e. The Morgan fingerprint density at radius 2 is 1.95 bits per heavy atom. The predicted molar refractivity (Wildman–Crippen MR) is 69.9 cm³/mol. The van der Waals surface area contributed by atoms with Crippen LogP contribution in [0.3, 0.4) is 0 Å². The van der Waals surface area contributed by atoms with Crippen LogP contribution in [0.25, 0.3) is 11.1 Å². The summed E-state index contributed by atoms with van der Waals surface area (Å²) < 4.78 is 45.4. The van der Waals surface area contributed by atoms with Crippen molar-refractivity contribution in [3.05, 3.63) is 42.1 Å². The Hall–Kier alpha value is -2.77. The van der Waals surface area contributed by atoms with Gasteiger partial charge in [-0.05, 0) is 23.8 Å². The Morgan fingerprint density at radius 3 is 2.55 bits per heavy atom. The molecule has 22 heavy (non-hydrogen) atoms. The number of nitrogens with zero attached hydrogens (tertiary/aromatic N) is 1. The van der Waals surface area contributed by atoms with Crippen LogP contribution in [0.1, 0.15) is 10.5 Å². The number of hydrogen-bond acceptors (Lipinski definition) is 4. The van der Waals surface area contributed by atoms with Crippen LogP contribution < -0.4 is 9.47 Å². The van der Waals surface area contributed by atoms with E-state index in [9.17, 15) is 23.1 Å². The fourth-order valence-electron chi connectivity index (χ4n) is 1.81. The fourth-order valence-corrected chi connectivity index (χ4v) is 1.81. The minimum absolute atomic E-state index is 0.0869. The van der Waals surface area contributed by atoms with E-state index in [1.807, 2.05) is 0 Å². The number of pyridine rings is 1. The molecule has 2 aromatic rings. The van der Waals surface area contributed by atoms with Gasteiger partial charge in [-0.25, -0.2) is 9.78 Å². The number of aromatic nitrogens is 1. The van der Waals surface area contributed by atoms with E-state index in [0.29, 0.717) is 0 Å². The van der Waals surface area contributed by atoms with Crippen LogP contribution in [-0.4, -0.2) is 29.5 Å². The minimum atomic E-state index is -4.83. The Balaban J connectivity index is 2.48. The van der Waals surface area contributed by atoms with Crippen molar-refractivity contribution >= 4 is 5.97 Å². The first kappa shape index (κ1) is 15.6. The van der Waals surface area contributed by atoms with Crippen LogP contribution in [0.5, 0.6) is 11.6 Å². The van der Waals surface area contributed by atoms with E-state index in [1.165, 1.54) is 31.4 Å². The number of hydrogen-bond donors (Lipinski definition) is 1. The molecule has 0 radical (unpaired) electrons. The zero-order valence-electron chi connectivity index (χ0n) is 11.2. The number of carbonyl (C=O) groups is 1. The molecule has 1 aromatic carbocycles. The Kier molecular flexibility index (Phi) is 4.20. The quantitative estimate of drug-likeness (QED) is 0.937. The number of carboxylic acid groups (broad SMARTS) is 1. The average molecular weight is 313 g/mol. The van der Waals surface area contributed by atoms with Crippen molar-refractivity contribution in [1.29, 1.82) is 0 Å². The van der Waals surface area contributed by atoms with E-state index in [0.717, 1.165) is 12.1 Å². The monoisotopic (exact) mass is 313 g/mol. The third kappa shape index (κ3) is 3.66. The highest BCUT2D eigenvalue weighted by atomic mass is 19.4. The SMILES string of the molecule is COc1ccc(-c2cccc(OC(F)(F)F)c2)c(C(=O)O)n1. The summed E-state index contributed by atoms with van der Waals surface area (Å²) in [7, 11) is 1.32. The standard InChI is InChI=1S/C14H10F3NO4/c1-21-11-6-5-10(12(18-11)13(19)20)8-3-2-4-9(7-8)22-14(15,16)17/h2-7H,1H3,(H,19,20). The summed E-state index contributed by atoms with van der Waals surface area (Å²) in [5.41, 5.74) is 0.0544. The van der Waals surface area contributed by atoms with Gasteiger partial charge in [0.05, 0.1) is 7.11 Å². The molecule has 0 bridgehead atoms. The van der Waals surface area contributed by atoms with Gasteiger partial charge in [0, 0.05) is 11.6 Å². The number of halogens is 3. The van der Waals surface area contributed by atoms with Gasteiger partial charge in [0.2, 0.25) is 5.88 Å². The molecule has 0 saturated carbocycles. The molecule has 0 spiro atoms. The Bertz CT molecular complexity index is 701. The summed E-state index contributed by atoms with van der Waals surface area (Å²) in [6, 6.07) is 7.81. The van der Waals surface area contributed by atoms with Crippen molar-refractivity contribution in [3.63, 3.8) is 0 Å². The Labute approximate surface area is 122 Å². The van der Waals surface area contributed by atoms with E-state index < -0.39 is 18.1 Å². The van der Waals surface area contributed by atoms with Crippen LogP contribution >= 0.6 is 0 Å². The van der Waals surface area contributed by atoms with Crippen molar-refractivity contribution in [1.82, 2.24) is 4.98 Å². The predicted octanol–water partition coefficient (Wildman–Crippen LogP) is 3.35. The number of methoxy groups -OCH3 is 1. The topological polar surface area (TPSA) is 68.7 Å². The van der Waals surface area contributed by atoms with Gasteiger partial charge in [-0.2, -0.15) is 0 Å². The third-order valence-corrected chi connectivity index (χ3v) is 2.66. The number of ether oxygens (including phenoxy) is 2. The van der Waals surface area contributed by atoms with Crippen LogP contribution in [0.4, 0.5) is 13.2 Å². The molecular weight excluding hydrogens is 303 g/mol. The molecule has 1 aromatic heterocycles. The van der Waals surface area contributed by atoms with Gasteiger partial charge in [-0.15, -0.1) is 13.2 Å². The molecule has 0 aliphatic heterocycles. The molecule has 1 N–H and O–H groups in total. The van der Waals surface area contributed by atoms with Crippen molar-refractivity contribution in [2.24, 2.45) is 0 Å². The van der Waals surface area contributed by atoms with E-state index in [1.54, 1.807) is 0 Å². The molecule has 0 aliphatic carbocycles. The highest BCUT2D eigenvalue weighted by Crippen LogP contribution is 2.30. The van der Waals surface area contributed by atoms with Crippen LogP contribution in [0.2, 0.25) is 0 Å². The summed E-state index contributed by atoms with van der Waals surface area (Å²) in [5.74, 6) is -1.68. The van der Waals surface area contributed by atoms with Crippen LogP contribution in [0.15, 0.2) is 36.4 Å². The highest BCUT2D eigenvalue weighted by Gasteiger charge is 2.31. The number of carboxylic acids is 1. The molecular formula is C14H10F3NO4. The van der Waals surface area contributed by atoms with Crippen molar-refractivity contribution in [2.75, 3.05) is 7.11 Å². The summed E-state index contributed by atoms with van der Waals surface area (Å²) >= 11 is 0. The summed E-state index contributed by atoms with van der Waals surface area (Å²) in [6.07, 6.45) is -4.83. The molecule has 1 heterocycles. The van der Waals surface area contributed by atoms with Gasteiger partial charge in [-0.3, -0.25) is 0 Å². The van der Waals surface area contributed by atoms with E-state index in [4.69, 9.17) is 4.74 Å². The molecule has 0 unspecified atom stereocenters. The smallest absolute Gasteiger partial charge is 0.481 e. The summed E-state index contributed by atoms with van der Waals surface area (Å²) in [5, 5.41) is 9.17. The Morgan fingerprint density at radius 1 is 1.23 bits per heavy atom. The lowest BCUT2D eigenvalue weighted by Gasteiger charge is -2.11. The zero-order chi connectivity index (χ0) is 16.3. The van der Waals surface area contributed by atoms with Gasteiger partial charge in [0.25, 0.3) is 0 Å². The van der Waals surface area contributed by atoms with Crippen molar-refractivity contribution in [2.45, 2.75) is 6.36 Å². The van der Waals surface area contributed by atoms with E-state index in [-0.39, 0.29) is 22.7 Å². The lowest BCUT2D eigenvalue weighted by atomic mass is 10.0. The van der Waals surface area contributed by atoms with Gasteiger partial charge in [-0.1, -0.05) is 12.1 Å². The molecule has 5 nitrogen and oxygen atoms in total. The van der Waals surface area contributed by atoms with Gasteiger partial charge in [0.15, 0.2) is 5.69 Å². The lowest BCUT2D eigenvalue weighted by molar-refractivity contribution is -0.274. The normalized spacial score (nSPS) is 11.1. The van der Waals surface area contributed by atoms with Crippen LogP contribution in [-0.2, 0) is 0 Å². The van der Waals surface area contributed by atoms with Crippen LogP contribution in [0, 0.1) is 0 Å². The fraction of sp³-hybridized carbons (Fsp3) is 0.143. The first-order chi connectivity index (χ1) is 10.3. The zero-order valence-corrected chi connectivity index (χ0v) is 11.2. The molecule has 2 rings (SSSR count).